The first-order valence-electron chi connectivity index (χ1n) is 7.21. The summed E-state index contributed by atoms with van der Waals surface area (Å²) < 4.78 is 19.6. The second kappa shape index (κ2) is 7.74. The molecule has 0 saturated heterocycles. The van der Waals surface area contributed by atoms with E-state index >= 15 is 0 Å². The minimum atomic E-state index is -0.244. The van der Waals surface area contributed by atoms with Crippen LogP contribution in [0.4, 0.5) is 4.39 Å². The molecule has 0 spiro atoms. The zero-order valence-corrected chi connectivity index (χ0v) is 12.5. The van der Waals surface area contributed by atoms with Crippen molar-refractivity contribution in [3.63, 3.8) is 0 Å². The fraction of sp³-hybridized carbons (Fsp3) is 0.353. The van der Waals surface area contributed by atoms with Crippen LogP contribution in [-0.4, -0.2) is 18.6 Å². The lowest BCUT2D eigenvalue weighted by Crippen LogP contribution is -2.25. The zero-order valence-electron chi connectivity index (χ0n) is 12.5. The molecule has 3 nitrogen and oxygen atoms in total. The van der Waals surface area contributed by atoms with Crippen molar-refractivity contribution >= 4 is 0 Å². The van der Waals surface area contributed by atoms with E-state index in [2.05, 4.69) is 17.2 Å². The smallest absolute Gasteiger partial charge is 0.131 e. The van der Waals surface area contributed by atoms with Gasteiger partial charge < -0.3 is 10.1 Å². The highest BCUT2D eigenvalue weighted by Crippen LogP contribution is 2.30. The number of rotatable bonds is 7. The Morgan fingerprint density at radius 2 is 2.14 bits per heavy atom. The van der Waals surface area contributed by atoms with Gasteiger partial charge in [-0.25, -0.2) is 4.39 Å². The summed E-state index contributed by atoms with van der Waals surface area (Å²) in [6, 6.07) is 8.69. The van der Waals surface area contributed by atoms with Crippen LogP contribution in [0.2, 0.25) is 0 Å². The van der Waals surface area contributed by atoms with Gasteiger partial charge in [0.1, 0.15) is 11.6 Å². The van der Waals surface area contributed by atoms with Crippen LogP contribution in [0, 0.1) is 5.82 Å². The van der Waals surface area contributed by atoms with E-state index in [1.165, 1.54) is 6.07 Å². The maximum absolute atomic E-state index is 14.3. The summed E-state index contributed by atoms with van der Waals surface area (Å²) in [6.07, 6.45) is 5.21. The average molecular weight is 288 g/mol. The van der Waals surface area contributed by atoms with E-state index < -0.39 is 0 Å². The van der Waals surface area contributed by atoms with Crippen LogP contribution in [-0.2, 0) is 6.42 Å². The Balaban J connectivity index is 2.31. The molecule has 2 rings (SSSR count). The minimum absolute atomic E-state index is 0.134. The monoisotopic (exact) mass is 288 g/mol. The molecule has 0 amide bonds. The number of hydrogen-bond acceptors (Lipinski definition) is 3. The third kappa shape index (κ3) is 4.02. The molecule has 1 unspecified atom stereocenters. The largest absolute Gasteiger partial charge is 0.496 e. The van der Waals surface area contributed by atoms with E-state index in [1.54, 1.807) is 25.4 Å². The van der Waals surface area contributed by atoms with Gasteiger partial charge in [0.25, 0.3) is 0 Å². The molecule has 1 aromatic heterocycles. The topological polar surface area (TPSA) is 34.2 Å². The Kier molecular flexibility index (Phi) is 5.69. The number of benzene rings is 1. The fourth-order valence-electron chi connectivity index (χ4n) is 2.38. The second-order valence-corrected chi connectivity index (χ2v) is 4.93. The molecule has 0 aliphatic rings. The first kappa shape index (κ1) is 15.4. The third-order valence-corrected chi connectivity index (χ3v) is 3.38. The van der Waals surface area contributed by atoms with E-state index in [-0.39, 0.29) is 11.9 Å². The Morgan fingerprint density at radius 1 is 1.29 bits per heavy atom. The van der Waals surface area contributed by atoms with Crippen LogP contribution in [0.5, 0.6) is 5.75 Å². The molecule has 1 N–H and O–H groups in total. The third-order valence-electron chi connectivity index (χ3n) is 3.38. The van der Waals surface area contributed by atoms with Crippen molar-refractivity contribution in [2.45, 2.75) is 25.8 Å². The molecule has 0 saturated carbocycles. The molecule has 0 radical (unpaired) electrons. The fourth-order valence-corrected chi connectivity index (χ4v) is 2.38. The highest BCUT2D eigenvalue weighted by Gasteiger charge is 2.20. The molecule has 0 aliphatic carbocycles. The van der Waals surface area contributed by atoms with Gasteiger partial charge in [0.15, 0.2) is 0 Å². The first-order chi connectivity index (χ1) is 10.3. The first-order valence-corrected chi connectivity index (χ1v) is 7.21. The van der Waals surface area contributed by atoms with Crippen LogP contribution in [0.3, 0.4) is 0 Å². The molecule has 2 aromatic rings. The van der Waals surface area contributed by atoms with Gasteiger partial charge in [-0.05, 0) is 43.1 Å². The van der Waals surface area contributed by atoms with Crippen molar-refractivity contribution in [2.24, 2.45) is 0 Å². The van der Waals surface area contributed by atoms with Crippen molar-refractivity contribution in [2.75, 3.05) is 13.7 Å². The molecule has 21 heavy (non-hydrogen) atoms. The van der Waals surface area contributed by atoms with E-state index in [9.17, 15) is 4.39 Å². The summed E-state index contributed by atoms with van der Waals surface area (Å²) >= 11 is 0. The van der Waals surface area contributed by atoms with Crippen LogP contribution in [0.1, 0.15) is 30.5 Å². The summed E-state index contributed by atoms with van der Waals surface area (Å²) in [5.74, 6) is 0.333. The Labute approximate surface area is 125 Å². The van der Waals surface area contributed by atoms with Gasteiger partial charge in [-0.15, -0.1) is 0 Å². The van der Waals surface area contributed by atoms with Gasteiger partial charge in [0.05, 0.1) is 7.11 Å². The van der Waals surface area contributed by atoms with E-state index in [1.807, 2.05) is 18.3 Å². The Hall–Kier alpha value is -1.94. The summed E-state index contributed by atoms with van der Waals surface area (Å²) in [7, 11) is 1.57. The second-order valence-electron chi connectivity index (χ2n) is 4.93. The predicted molar refractivity (Wildman–Crippen MR) is 81.9 cm³/mol. The number of halogens is 1. The van der Waals surface area contributed by atoms with E-state index in [0.29, 0.717) is 17.7 Å². The normalized spacial score (nSPS) is 12.1. The van der Waals surface area contributed by atoms with Crippen molar-refractivity contribution in [3.05, 3.63) is 59.7 Å². The molecule has 112 valence electrons. The van der Waals surface area contributed by atoms with Gasteiger partial charge in [-0.2, -0.15) is 0 Å². The number of aromatic nitrogens is 1. The molecule has 1 atom stereocenters. The summed E-state index contributed by atoms with van der Waals surface area (Å²) in [5, 5.41) is 3.40. The predicted octanol–water partition coefficient (Wildman–Crippen LogP) is 3.51. The summed E-state index contributed by atoms with van der Waals surface area (Å²) in [6.45, 7) is 2.91. The number of ether oxygens (including phenoxy) is 1. The number of pyridine rings is 1. The van der Waals surface area contributed by atoms with Crippen molar-refractivity contribution in [1.29, 1.82) is 0 Å². The average Bonchev–Trinajstić information content (AvgIpc) is 2.52. The molecule has 0 bridgehead atoms. The molecule has 0 aliphatic heterocycles. The maximum atomic E-state index is 14.3. The highest BCUT2D eigenvalue weighted by molar-refractivity contribution is 5.38. The van der Waals surface area contributed by atoms with E-state index in [4.69, 9.17) is 4.74 Å². The molecular weight excluding hydrogens is 267 g/mol. The van der Waals surface area contributed by atoms with Crippen LogP contribution in [0.25, 0.3) is 0 Å². The lowest BCUT2D eigenvalue weighted by molar-refractivity contribution is 0.389. The van der Waals surface area contributed by atoms with E-state index in [0.717, 1.165) is 18.5 Å². The summed E-state index contributed by atoms with van der Waals surface area (Å²) in [4.78, 5) is 4.12. The number of nitrogens with zero attached hydrogens (tertiary/aromatic N) is 1. The van der Waals surface area contributed by atoms with Gasteiger partial charge >= 0.3 is 0 Å². The molecule has 1 heterocycles. The SMILES string of the molecule is CCCNC(Cc1cccnc1)c1c(F)cccc1OC. The maximum Gasteiger partial charge on any atom is 0.131 e. The van der Waals surface area contributed by atoms with Gasteiger partial charge in [0.2, 0.25) is 0 Å². The van der Waals surface area contributed by atoms with Crippen LogP contribution < -0.4 is 10.1 Å². The van der Waals surface area contributed by atoms with Crippen LogP contribution >= 0.6 is 0 Å². The number of hydrogen-bond donors (Lipinski definition) is 1. The Bertz CT molecular complexity index is 560. The van der Waals surface area contributed by atoms with Gasteiger partial charge in [0, 0.05) is 24.0 Å². The number of nitrogens with one attached hydrogen (secondary N) is 1. The quantitative estimate of drug-likeness (QED) is 0.846. The molecule has 0 fully saturated rings. The standard InChI is InChI=1S/C17H21FN2O/c1-3-9-20-15(11-13-6-5-10-19-12-13)17-14(18)7-4-8-16(17)21-2/h4-8,10,12,15,20H,3,9,11H2,1-2H3. The zero-order chi connectivity index (χ0) is 15.1. The Morgan fingerprint density at radius 3 is 2.81 bits per heavy atom. The highest BCUT2D eigenvalue weighted by atomic mass is 19.1. The van der Waals surface area contributed by atoms with Crippen molar-refractivity contribution in [1.82, 2.24) is 10.3 Å². The summed E-state index contributed by atoms with van der Waals surface area (Å²) in [5.41, 5.74) is 1.65. The van der Waals surface area contributed by atoms with Crippen molar-refractivity contribution in [3.8, 4) is 5.75 Å². The molecule has 4 heteroatoms. The minimum Gasteiger partial charge on any atom is -0.496 e. The lowest BCUT2D eigenvalue weighted by Gasteiger charge is -2.22. The lowest BCUT2D eigenvalue weighted by atomic mass is 9.98. The number of methoxy groups -OCH3 is 1. The molecule has 1 aromatic carbocycles. The molecular formula is C17H21FN2O. The van der Waals surface area contributed by atoms with Crippen molar-refractivity contribution < 1.29 is 9.13 Å². The van der Waals surface area contributed by atoms with Crippen LogP contribution in [0.15, 0.2) is 42.7 Å². The van der Waals surface area contributed by atoms with Gasteiger partial charge in [-0.3, -0.25) is 4.98 Å². The van der Waals surface area contributed by atoms with Gasteiger partial charge in [-0.1, -0.05) is 19.1 Å².